The Bertz CT molecular complexity index is 255. The van der Waals surface area contributed by atoms with Crippen molar-refractivity contribution in [3.8, 4) is 0 Å². The van der Waals surface area contributed by atoms with Gasteiger partial charge in [0, 0.05) is 6.04 Å². The Morgan fingerprint density at radius 1 is 1.12 bits per heavy atom. The molecule has 17 heavy (non-hydrogen) atoms. The molecule has 0 aliphatic carbocycles. The number of likely N-dealkylation sites (N-methyl/N-ethyl adjacent to an activating group) is 1. The van der Waals surface area contributed by atoms with Gasteiger partial charge in [-0.2, -0.15) is 0 Å². The molecular weight excluding hydrogens is 212 g/mol. The van der Waals surface area contributed by atoms with Crippen LogP contribution in [0.1, 0.15) is 66.7 Å². The largest absolute Gasteiger partial charge is 0.282 e. The third-order valence-corrected chi connectivity index (χ3v) is 4.83. The number of rotatable bonds is 5. The second kappa shape index (κ2) is 5.25. The molecular formula is C14H29N2O. The monoisotopic (exact) mass is 241 g/mol. The minimum Gasteiger partial charge on any atom is -0.282 e. The standard InChI is InChI=1S/C14H29N2O/c1-7-8-9-10-11-14(5)15(6)12(2)13(3,4)16(14)17/h12H,7-11H2,1-6H3. The molecule has 0 amide bonds. The second-order valence-corrected chi connectivity index (χ2v) is 6.26. The fraction of sp³-hybridized carbons (Fsp3) is 1.00. The summed E-state index contributed by atoms with van der Waals surface area (Å²) in [6, 6.07) is 0.302. The SMILES string of the molecule is CCCCCCC1(C)N(C)C(C)C(C)(C)N1[O]. The smallest absolute Gasteiger partial charge is 0.0987 e. The topological polar surface area (TPSA) is 26.4 Å². The molecule has 0 spiro atoms. The van der Waals surface area contributed by atoms with Gasteiger partial charge in [0.1, 0.15) is 0 Å². The predicted molar refractivity (Wildman–Crippen MR) is 71.0 cm³/mol. The van der Waals surface area contributed by atoms with Gasteiger partial charge in [-0.25, -0.2) is 0 Å². The Balaban J connectivity index is 2.68. The van der Waals surface area contributed by atoms with Crippen molar-refractivity contribution < 1.29 is 5.21 Å². The second-order valence-electron chi connectivity index (χ2n) is 6.26. The summed E-state index contributed by atoms with van der Waals surface area (Å²) in [4.78, 5) is 2.26. The Morgan fingerprint density at radius 3 is 2.12 bits per heavy atom. The molecule has 0 N–H and O–H groups in total. The van der Waals surface area contributed by atoms with Crippen LogP contribution in [0.4, 0.5) is 0 Å². The van der Waals surface area contributed by atoms with E-state index in [1.54, 1.807) is 0 Å². The van der Waals surface area contributed by atoms with Crippen LogP contribution in [0, 0.1) is 0 Å². The first-order valence-electron chi connectivity index (χ1n) is 6.99. The molecule has 101 valence electrons. The van der Waals surface area contributed by atoms with Crippen molar-refractivity contribution in [1.29, 1.82) is 0 Å². The third kappa shape index (κ3) is 2.51. The molecule has 0 aromatic carbocycles. The summed E-state index contributed by atoms with van der Waals surface area (Å²) >= 11 is 0. The summed E-state index contributed by atoms with van der Waals surface area (Å²) in [6.07, 6.45) is 5.88. The number of unbranched alkanes of at least 4 members (excludes halogenated alkanes) is 3. The van der Waals surface area contributed by atoms with E-state index in [1.807, 2.05) is 0 Å². The number of hydrogen-bond donors (Lipinski definition) is 0. The van der Waals surface area contributed by atoms with E-state index in [0.29, 0.717) is 6.04 Å². The van der Waals surface area contributed by atoms with Crippen LogP contribution in [0.15, 0.2) is 0 Å². The Morgan fingerprint density at radius 2 is 1.71 bits per heavy atom. The fourth-order valence-electron chi connectivity index (χ4n) is 2.99. The average molecular weight is 241 g/mol. The van der Waals surface area contributed by atoms with E-state index >= 15 is 0 Å². The van der Waals surface area contributed by atoms with Crippen LogP contribution in [0.25, 0.3) is 0 Å². The van der Waals surface area contributed by atoms with Crippen LogP contribution >= 0.6 is 0 Å². The highest BCUT2D eigenvalue weighted by Gasteiger charge is 2.56. The summed E-state index contributed by atoms with van der Waals surface area (Å²) in [5.41, 5.74) is -0.606. The third-order valence-electron chi connectivity index (χ3n) is 4.83. The first-order valence-corrected chi connectivity index (χ1v) is 6.99. The van der Waals surface area contributed by atoms with Crippen molar-refractivity contribution in [1.82, 2.24) is 9.96 Å². The summed E-state index contributed by atoms with van der Waals surface area (Å²) < 4.78 is 0. The maximum absolute atomic E-state index is 12.5. The highest BCUT2D eigenvalue weighted by molar-refractivity contribution is 5.04. The zero-order valence-electron chi connectivity index (χ0n) is 12.4. The van der Waals surface area contributed by atoms with Gasteiger partial charge in [-0.05, 0) is 41.2 Å². The lowest BCUT2D eigenvalue weighted by Gasteiger charge is -2.37. The van der Waals surface area contributed by atoms with E-state index < -0.39 is 0 Å². The first-order chi connectivity index (χ1) is 7.78. The van der Waals surface area contributed by atoms with E-state index in [2.05, 4.69) is 46.6 Å². The molecule has 0 saturated carbocycles. The molecule has 1 aliphatic heterocycles. The lowest BCUT2D eigenvalue weighted by Crippen LogP contribution is -2.50. The van der Waals surface area contributed by atoms with Crippen molar-refractivity contribution in [2.75, 3.05) is 7.05 Å². The fourth-order valence-corrected chi connectivity index (χ4v) is 2.99. The van der Waals surface area contributed by atoms with Crippen molar-refractivity contribution in [2.45, 2.75) is 84.0 Å². The normalized spacial score (nSPS) is 34.4. The van der Waals surface area contributed by atoms with E-state index in [-0.39, 0.29) is 11.2 Å². The first kappa shape index (κ1) is 14.9. The van der Waals surface area contributed by atoms with E-state index in [1.165, 1.54) is 24.3 Å². The van der Waals surface area contributed by atoms with E-state index in [9.17, 15) is 5.21 Å². The van der Waals surface area contributed by atoms with Gasteiger partial charge in [0.15, 0.2) is 0 Å². The van der Waals surface area contributed by atoms with Crippen molar-refractivity contribution in [3.05, 3.63) is 0 Å². The minimum absolute atomic E-state index is 0.283. The Hall–Kier alpha value is -0.120. The summed E-state index contributed by atoms with van der Waals surface area (Å²) in [5, 5.41) is 13.8. The Kier molecular flexibility index (Phi) is 4.61. The molecule has 1 saturated heterocycles. The van der Waals surface area contributed by atoms with Gasteiger partial charge in [0.25, 0.3) is 0 Å². The molecule has 1 radical (unpaired) electrons. The van der Waals surface area contributed by atoms with Crippen molar-refractivity contribution >= 4 is 0 Å². The van der Waals surface area contributed by atoms with Gasteiger partial charge in [0.05, 0.1) is 11.2 Å². The highest BCUT2D eigenvalue weighted by Crippen LogP contribution is 2.42. The van der Waals surface area contributed by atoms with Crippen LogP contribution in [0.2, 0.25) is 0 Å². The van der Waals surface area contributed by atoms with E-state index in [0.717, 1.165) is 12.8 Å². The van der Waals surface area contributed by atoms with E-state index in [4.69, 9.17) is 0 Å². The summed E-state index contributed by atoms with van der Waals surface area (Å²) in [5.74, 6) is 0. The van der Waals surface area contributed by atoms with Crippen LogP contribution < -0.4 is 0 Å². The molecule has 3 nitrogen and oxygen atoms in total. The maximum atomic E-state index is 12.5. The van der Waals surface area contributed by atoms with Gasteiger partial charge in [-0.15, -0.1) is 10.3 Å². The molecule has 0 aromatic heterocycles. The highest BCUT2D eigenvalue weighted by atomic mass is 16.5. The van der Waals surface area contributed by atoms with Crippen LogP contribution in [-0.2, 0) is 5.21 Å². The van der Waals surface area contributed by atoms with Gasteiger partial charge in [-0.1, -0.05) is 32.6 Å². The average Bonchev–Trinajstić information content (AvgIpc) is 2.40. The van der Waals surface area contributed by atoms with Crippen LogP contribution in [-0.4, -0.2) is 34.3 Å². The van der Waals surface area contributed by atoms with Gasteiger partial charge < -0.3 is 0 Å². The molecule has 1 fully saturated rings. The molecule has 0 aromatic rings. The lowest BCUT2D eigenvalue weighted by molar-refractivity contribution is -0.265. The molecule has 1 rings (SSSR count). The number of hydroxylamine groups is 2. The number of hydrogen-bond acceptors (Lipinski definition) is 2. The van der Waals surface area contributed by atoms with Crippen molar-refractivity contribution in [2.24, 2.45) is 0 Å². The Labute approximate surface area is 107 Å². The van der Waals surface area contributed by atoms with Crippen molar-refractivity contribution in [3.63, 3.8) is 0 Å². The molecule has 0 bridgehead atoms. The van der Waals surface area contributed by atoms with Gasteiger partial charge >= 0.3 is 0 Å². The zero-order chi connectivity index (χ0) is 13.3. The summed E-state index contributed by atoms with van der Waals surface area (Å²) in [7, 11) is 2.09. The lowest BCUT2D eigenvalue weighted by atomic mass is 9.97. The van der Waals surface area contributed by atoms with Gasteiger partial charge in [0.2, 0.25) is 0 Å². The maximum Gasteiger partial charge on any atom is 0.0987 e. The summed E-state index contributed by atoms with van der Waals surface area (Å²) in [6.45, 7) is 10.6. The molecule has 3 heteroatoms. The molecule has 2 unspecified atom stereocenters. The quantitative estimate of drug-likeness (QED) is 0.689. The molecule has 1 aliphatic rings. The van der Waals surface area contributed by atoms with Crippen LogP contribution in [0.5, 0.6) is 0 Å². The van der Waals surface area contributed by atoms with Gasteiger partial charge in [-0.3, -0.25) is 4.90 Å². The van der Waals surface area contributed by atoms with Crippen LogP contribution in [0.3, 0.4) is 0 Å². The predicted octanol–water partition coefficient (Wildman–Crippen LogP) is 3.43. The zero-order valence-corrected chi connectivity index (χ0v) is 12.4. The molecule has 1 heterocycles. The number of nitrogens with zero attached hydrogens (tertiary/aromatic N) is 2. The minimum atomic E-state index is -0.323. The molecule has 2 atom stereocenters.